The van der Waals surface area contributed by atoms with E-state index in [0.717, 1.165) is 5.75 Å². The summed E-state index contributed by atoms with van der Waals surface area (Å²) in [7, 11) is 0. The molecule has 1 saturated carbocycles. The molecule has 0 aromatic heterocycles. The van der Waals surface area contributed by atoms with Crippen LogP contribution in [0.3, 0.4) is 0 Å². The minimum atomic E-state index is -0.0698. The van der Waals surface area contributed by atoms with Crippen LogP contribution in [0.15, 0.2) is 60.7 Å². The van der Waals surface area contributed by atoms with Crippen LogP contribution in [-0.4, -0.2) is 12.5 Å². The van der Waals surface area contributed by atoms with Crippen molar-refractivity contribution in [2.45, 2.75) is 18.9 Å². The largest absolute Gasteiger partial charge is 0.484 e. The molecule has 1 N–H and O–H groups in total. The van der Waals surface area contributed by atoms with E-state index in [2.05, 4.69) is 17.4 Å². The van der Waals surface area contributed by atoms with E-state index in [1.54, 1.807) is 0 Å². The van der Waals surface area contributed by atoms with Gasteiger partial charge in [0.15, 0.2) is 6.61 Å². The molecule has 0 spiro atoms. The number of hydrogen-bond donors (Lipinski definition) is 1. The van der Waals surface area contributed by atoms with Crippen molar-refractivity contribution in [1.29, 1.82) is 0 Å². The maximum absolute atomic E-state index is 12.1. The van der Waals surface area contributed by atoms with Crippen molar-refractivity contribution < 1.29 is 9.53 Å². The lowest BCUT2D eigenvalue weighted by molar-refractivity contribution is -0.124. The average molecular weight is 281 g/mol. The van der Waals surface area contributed by atoms with Crippen LogP contribution in [0.5, 0.6) is 5.75 Å². The maximum Gasteiger partial charge on any atom is 0.258 e. The number of amides is 1. The van der Waals surface area contributed by atoms with Crippen LogP contribution in [0.25, 0.3) is 0 Å². The number of ether oxygens (including phenoxy) is 1. The summed E-state index contributed by atoms with van der Waals surface area (Å²) in [6.07, 6.45) is 2.36. The van der Waals surface area contributed by atoms with Gasteiger partial charge in [-0.2, -0.15) is 0 Å². The predicted molar refractivity (Wildman–Crippen MR) is 82.0 cm³/mol. The topological polar surface area (TPSA) is 38.3 Å². The highest BCUT2D eigenvalue weighted by atomic mass is 16.5. The summed E-state index contributed by atoms with van der Waals surface area (Å²) in [5, 5.41) is 3.10. The third-order valence-corrected chi connectivity index (χ3v) is 3.68. The van der Waals surface area contributed by atoms with E-state index in [0.29, 0.717) is 5.92 Å². The van der Waals surface area contributed by atoms with Gasteiger partial charge in [-0.15, -0.1) is 0 Å². The minimum Gasteiger partial charge on any atom is -0.484 e. The van der Waals surface area contributed by atoms with Gasteiger partial charge in [0, 0.05) is 0 Å². The zero-order valence-electron chi connectivity index (χ0n) is 11.9. The first-order chi connectivity index (χ1) is 10.3. The van der Waals surface area contributed by atoms with Crippen LogP contribution >= 0.6 is 0 Å². The van der Waals surface area contributed by atoms with Gasteiger partial charge in [-0.05, 0) is 36.5 Å². The lowest BCUT2D eigenvalue weighted by atomic mass is 10.0. The molecule has 0 radical (unpaired) electrons. The second-order valence-corrected chi connectivity index (χ2v) is 5.40. The standard InChI is InChI=1S/C18H19NO2/c20-17(13-21-16-9-5-2-6-10-16)19-18(15-11-12-15)14-7-3-1-4-8-14/h1-10,15,18H,11-13H2,(H,19,20)/t18-/m0/s1. The molecule has 2 aromatic rings. The third kappa shape index (κ3) is 3.85. The molecule has 108 valence electrons. The van der Waals surface area contributed by atoms with Crippen molar-refractivity contribution in [3.8, 4) is 5.75 Å². The number of hydrogen-bond acceptors (Lipinski definition) is 2. The molecular weight excluding hydrogens is 262 g/mol. The SMILES string of the molecule is O=C(COc1ccccc1)N[C@@H](c1ccccc1)C1CC1. The van der Waals surface area contributed by atoms with Gasteiger partial charge in [-0.1, -0.05) is 48.5 Å². The quantitative estimate of drug-likeness (QED) is 0.882. The summed E-state index contributed by atoms with van der Waals surface area (Å²) in [6, 6.07) is 19.7. The normalized spacial score (nSPS) is 15.2. The van der Waals surface area contributed by atoms with Crippen LogP contribution < -0.4 is 10.1 Å². The molecule has 0 aliphatic heterocycles. The molecule has 1 aliphatic rings. The Kier molecular flexibility index (Phi) is 4.20. The van der Waals surface area contributed by atoms with Crippen molar-refractivity contribution in [3.05, 3.63) is 66.2 Å². The van der Waals surface area contributed by atoms with Crippen molar-refractivity contribution >= 4 is 5.91 Å². The van der Waals surface area contributed by atoms with E-state index in [1.807, 2.05) is 48.5 Å². The molecule has 0 saturated heterocycles. The Hall–Kier alpha value is -2.29. The Morgan fingerprint density at radius 1 is 1.05 bits per heavy atom. The Morgan fingerprint density at radius 2 is 1.67 bits per heavy atom. The Bertz CT molecular complexity index is 579. The fourth-order valence-electron chi connectivity index (χ4n) is 2.44. The first kappa shape index (κ1) is 13.7. The van der Waals surface area contributed by atoms with Gasteiger partial charge in [0.1, 0.15) is 5.75 Å². The van der Waals surface area contributed by atoms with Crippen LogP contribution in [0.2, 0.25) is 0 Å². The third-order valence-electron chi connectivity index (χ3n) is 3.68. The Morgan fingerprint density at radius 3 is 2.29 bits per heavy atom. The predicted octanol–water partition coefficient (Wildman–Crippen LogP) is 3.33. The van der Waals surface area contributed by atoms with Gasteiger partial charge in [0.25, 0.3) is 5.91 Å². The second kappa shape index (κ2) is 6.44. The Labute approximate surface area is 124 Å². The number of rotatable bonds is 6. The van der Waals surface area contributed by atoms with E-state index in [9.17, 15) is 4.79 Å². The van der Waals surface area contributed by atoms with E-state index < -0.39 is 0 Å². The van der Waals surface area contributed by atoms with Crippen molar-refractivity contribution in [3.63, 3.8) is 0 Å². The van der Waals surface area contributed by atoms with E-state index in [4.69, 9.17) is 4.74 Å². The first-order valence-electron chi connectivity index (χ1n) is 7.35. The summed E-state index contributed by atoms with van der Waals surface area (Å²) in [4.78, 5) is 12.1. The molecule has 0 unspecified atom stereocenters. The molecule has 0 bridgehead atoms. The molecule has 3 rings (SSSR count). The van der Waals surface area contributed by atoms with Crippen LogP contribution in [0.1, 0.15) is 24.4 Å². The second-order valence-electron chi connectivity index (χ2n) is 5.40. The summed E-state index contributed by atoms with van der Waals surface area (Å²) in [5.41, 5.74) is 1.17. The lowest BCUT2D eigenvalue weighted by Gasteiger charge is -2.19. The fourth-order valence-corrected chi connectivity index (χ4v) is 2.44. The van der Waals surface area contributed by atoms with E-state index in [1.165, 1.54) is 18.4 Å². The van der Waals surface area contributed by atoms with Gasteiger partial charge < -0.3 is 10.1 Å². The van der Waals surface area contributed by atoms with Gasteiger partial charge in [0.2, 0.25) is 0 Å². The summed E-state index contributed by atoms with van der Waals surface area (Å²) >= 11 is 0. The summed E-state index contributed by atoms with van der Waals surface area (Å²) < 4.78 is 5.49. The molecular formula is C18H19NO2. The van der Waals surface area contributed by atoms with Gasteiger partial charge in [-0.25, -0.2) is 0 Å². The van der Waals surface area contributed by atoms with Gasteiger partial charge >= 0.3 is 0 Å². The summed E-state index contributed by atoms with van der Waals surface area (Å²) in [6.45, 7) is 0.0556. The molecule has 1 fully saturated rings. The number of carbonyl (C=O) groups excluding carboxylic acids is 1. The average Bonchev–Trinajstić information content (AvgIpc) is 3.37. The molecule has 1 aliphatic carbocycles. The van der Waals surface area contributed by atoms with Gasteiger partial charge in [0.05, 0.1) is 6.04 Å². The Balaban J connectivity index is 1.57. The highest BCUT2D eigenvalue weighted by molar-refractivity contribution is 5.78. The molecule has 2 aromatic carbocycles. The zero-order valence-corrected chi connectivity index (χ0v) is 11.9. The highest BCUT2D eigenvalue weighted by Gasteiger charge is 2.33. The number of nitrogens with one attached hydrogen (secondary N) is 1. The van der Waals surface area contributed by atoms with Crippen molar-refractivity contribution in [1.82, 2.24) is 5.32 Å². The van der Waals surface area contributed by atoms with Crippen molar-refractivity contribution in [2.75, 3.05) is 6.61 Å². The first-order valence-corrected chi connectivity index (χ1v) is 7.35. The maximum atomic E-state index is 12.1. The van der Waals surface area contributed by atoms with Crippen LogP contribution in [-0.2, 0) is 4.79 Å². The minimum absolute atomic E-state index is 0.0556. The van der Waals surface area contributed by atoms with Crippen LogP contribution in [0, 0.1) is 5.92 Å². The number of benzene rings is 2. The smallest absolute Gasteiger partial charge is 0.258 e. The monoisotopic (exact) mass is 281 g/mol. The molecule has 3 heteroatoms. The molecule has 1 atom stereocenters. The molecule has 21 heavy (non-hydrogen) atoms. The molecule has 1 amide bonds. The van der Waals surface area contributed by atoms with E-state index in [-0.39, 0.29) is 18.6 Å². The lowest BCUT2D eigenvalue weighted by Crippen LogP contribution is -2.33. The van der Waals surface area contributed by atoms with Crippen molar-refractivity contribution in [2.24, 2.45) is 5.92 Å². The molecule has 0 heterocycles. The fraction of sp³-hybridized carbons (Fsp3) is 0.278. The van der Waals surface area contributed by atoms with Gasteiger partial charge in [-0.3, -0.25) is 4.79 Å². The summed E-state index contributed by atoms with van der Waals surface area (Å²) in [5.74, 6) is 1.21. The zero-order chi connectivity index (χ0) is 14.5. The highest BCUT2D eigenvalue weighted by Crippen LogP contribution is 2.40. The van der Waals surface area contributed by atoms with E-state index >= 15 is 0 Å². The number of carbonyl (C=O) groups is 1. The molecule has 3 nitrogen and oxygen atoms in total. The van der Waals surface area contributed by atoms with Crippen LogP contribution in [0.4, 0.5) is 0 Å². The number of para-hydroxylation sites is 1.